The number of hydrogen-bond donors (Lipinski definition) is 2. The van der Waals surface area contributed by atoms with E-state index in [0.29, 0.717) is 24.3 Å². The quantitative estimate of drug-likeness (QED) is 0.802. The van der Waals surface area contributed by atoms with Crippen molar-refractivity contribution in [3.63, 3.8) is 0 Å². The number of carbonyl (C=O) groups excluding carboxylic acids is 1. The summed E-state index contributed by atoms with van der Waals surface area (Å²) in [5, 5.41) is 21.1. The molecule has 0 fully saturated rings. The number of anilines is 1. The Morgan fingerprint density at radius 2 is 2.25 bits per heavy atom. The number of nitrogens with one attached hydrogen (secondary N) is 1. The average Bonchev–Trinajstić information content (AvgIpc) is 2.56. The van der Waals surface area contributed by atoms with Crippen molar-refractivity contribution in [2.24, 2.45) is 0 Å². The summed E-state index contributed by atoms with van der Waals surface area (Å²) in [5.74, 6) is -0.229. The summed E-state index contributed by atoms with van der Waals surface area (Å²) in [5.41, 5.74) is 1.84. The summed E-state index contributed by atoms with van der Waals surface area (Å²) in [6, 6.07) is 10.4. The first-order valence-corrected chi connectivity index (χ1v) is 7.72. The van der Waals surface area contributed by atoms with Crippen molar-refractivity contribution in [2.75, 3.05) is 25.0 Å². The number of halogens is 1. The zero-order valence-electron chi connectivity index (χ0n) is 12.9. The maximum atomic E-state index is 12.2. The number of aliphatic hydroxyl groups is 1. The Labute approximate surface area is 145 Å². The molecule has 0 aliphatic heterocycles. The Balaban J connectivity index is 1.97. The number of nitrogens with zero attached hydrogens (tertiary/aromatic N) is 3. The third-order valence-electron chi connectivity index (χ3n) is 3.29. The number of aromatic nitrogens is 1. The maximum absolute atomic E-state index is 12.2. The van der Waals surface area contributed by atoms with Crippen molar-refractivity contribution in [1.82, 2.24) is 9.88 Å². The Kier molecular flexibility index (Phi) is 6.70. The molecule has 6 nitrogen and oxygen atoms in total. The Bertz CT molecular complexity index is 731. The number of hydrogen-bond acceptors (Lipinski definition) is 5. The van der Waals surface area contributed by atoms with Gasteiger partial charge in [0.25, 0.3) is 0 Å². The highest BCUT2D eigenvalue weighted by Gasteiger charge is 2.12. The van der Waals surface area contributed by atoms with Crippen LogP contribution in [0, 0.1) is 11.3 Å². The summed E-state index contributed by atoms with van der Waals surface area (Å²) < 4.78 is 0. The second-order valence-corrected chi connectivity index (χ2v) is 5.56. The molecule has 124 valence electrons. The van der Waals surface area contributed by atoms with Crippen LogP contribution >= 0.6 is 11.6 Å². The van der Waals surface area contributed by atoms with E-state index < -0.39 is 0 Å². The van der Waals surface area contributed by atoms with Crippen LogP contribution in [-0.4, -0.2) is 40.6 Å². The van der Waals surface area contributed by atoms with Gasteiger partial charge in [-0.1, -0.05) is 17.7 Å². The summed E-state index contributed by atoms with van der Waals surface area (Å²) in [6.45, 7) is 0.954. The lowest BCUT2D eigenvalue weighted by Crippen LogP contribution is -2.34. The fourth-order valence-electron chi connectivity index (χ4n) is 2.19. The van der Waals surface area contributed by atoms with Crippen LogP contribution in [0.4, 0.5) is 5.69 Å². The van der Waals surface area contributed by atoms with Crippen molar-refractivity contribution < 1.29 is 9.90 Å². The highest BCUT2D eigenvalue weighted by atomic mass is 35.5. The molecule has 0 atom stereocenters. The molecule has 0 saturated heterocycles. The number of amides is 1. The molecule has 0 saturated carbocycles. The second kappa shape index (κ2) is 8.99. The van der Waals surface area contributed by atoms with Crippen LogP contribution < -0.4 is 5.32 Å². The first-order chi connectivity index (χ1) is 11.6. The molecule has 0 radical (unpaired) electrons. The lowest BCUT2D eigenvalue weighted by atomic mass is 10.2. The summed E-state index contributed by atoms with van der Waals surface area (Å²) in [7, 11) is 0. The first kappa shape index (κ1) is 17.9. The summed E-state index contributed by atoms with van der Waals surface area (Å²) >= 11 is 5.95. The van der Waals surface area contributed by atoms with Gasteiger partial charge in [-0.15, -0.1) is 0 Å². The largest absolute Gasteiger partial charge is 0.395 e. The van der Waals surface area contributed by atoms with Gasteiger partial charge in [0.1, 0.15) is 6.07 Å². The van der Waals surface area contributed by atoms with Gasteiger partial charge in [-0.25, -0.2) is 0 Å². The molecule has 0 aliphatic carbocycles. The predicted octanol–water partition coefficient (Wildman–Crippen LogP) is 2.04. The van der Waals surface area contributed by atoms with Crippen molar-refractivity contribution >= 4 is 23.2 Å². The molecule has 2 rings (SSSR count). The molecule has 2 aromatic rings. The molecule has 24 heavy (non-hydrogen) atoms. The smallest absolute Gasteiger partial charge is 0.238 e. The van der Waals surface area contributed by atoms with E-state index in [1.54, 1.807) is 24.5 Å². The highest BCUT2D eigenvalue weighted by Crippen LogP contribution is 2.20. The van der Waals surface area contributed by atoms with Gasteiger partial charge in [0.15, 0.2) is 0 Å². The molecule has 1 aromatic heterocycles. The minimum Gasteiger partial charge on any atom is -0.395 e. The molecule has 0 bridgehead atoms. The van der Waals surface area contributed by atoms with E-state index in [1.807, 2.05) is 23.1 Å². The van der Waals surface area contributed by atoms with E-state index in [-0.39, 0.29) is 24.1 Å². The summed E-state index contributed by atoms with van der Waals surface area (Å²) in [4.78, 5) is 18.1. The minimum absolute atomic E-state index is 0.0454. The second-order valence-electron chi connectivity index (χ2n) is 5.15. The molecular weight excluding hydrogens is 328 g/mol. The lowest BCUT2D eigenvalue weighted by Gasteiger charge is -2.20. The monoisotopic (exact) mass is 344 g/mol. The lowest BCUT2D eigenvalue weighted by molar-refractivity contribution is -0.117. The molecule has 1 amide bonds. The maximum Gasteiger partial charge on any atom is 0.238 e. The van der Waals surface area contributed by atoms with Crippen molar-refractivity contribution in [1.29, 1.82) is 5.26 Å². The predicted molar refractivity (Wildman–Crippen MR) is 91.4 cm³/mol. The van der Waals surface area contributed by atoms with Gasteiger partial charge in [0, 0.05) is 31.2 Å². The van der Waals surface area contributed by atoms with Crippen LogP contribution in [0.5, 0.6) is 0 Å². The number of aliphatic hydroxyl groups excluding tert-OH is 1. The average molecular weight is 345 g/mol. The molecule has 0 aliphatic rings. The van der Waals surface area contributed by atoms with Gasteiger partial charge < -0.3 is 10.4 Å². The van der Waals surface area contributed by atoms with E-state index in [4.69, 9.17) is 16.9 Å². The zero-order valence-corrected chi connectivity index (χ0v) is 13.7. The number of rotatable bonds is 7. The van der Waals surface area contributed by atoms with Gasteiger partial charge in [-0.3, -0.25) is 14.7 Å². The Morgan fingerprint density at radius 1 is 1.42 bits per heavy atom. The molecule has 1 aromatic carbocycles. The Morgan fingerprint density at radius 3 is 2.88 bits per heavy atom. The van der Waals surface area contributed by atoms with E-state index >= 15 is 0 Å². The van der Waals surface area contributed by atoms with Crippen LogP contribution in [0.1, 0.15) is 11.1 Å². The number of nitriles is 1. The van der Waals surface area contributed by atoms with E-state index in [9.17, 15) is 9.90 Å². The van der Waals surface area contributed by atoms with Crippen LogP contribution in [0.3, 0.4) is 0 Å². The molecular formula is C17H17ClN4O2. The van der Waals surface area contributed by atoms with Gasteiger partial charge in [0.05, 0.1) is 23.7 Å². The Hall–Kier alpha value is -2.46. The van der Waals surface area contributed by atoms with Gasteiger partial charge in [0.2, 0.25) is 5.91 Å². The molecule has 0 unspecified atom stereocenters. The van der Waals surface area contributed by atoms with Crippen molar-refractivity contribution in [3.8, 4) is 6.07 Å². The van der Waals surface area contributed by atoms with Crippen LogP contribution in [0.15, 0.2) is 42.7 Å². The standard InChI is InChI=1S/C17H17ClN4O2/c18-16-8-15(4-3-14(16)9-19)21-17(24)12-22(6-7-23)11-13-2-1-5-20-10-13/h1-5,8,10,23H,6-7,11-12H2,(H,21,24). The zero-order chi connectivity index (χ0) is 17.4. The molecule has 1 heterocycles. The number of benzene rings is 1. The third kappa shape index (κ3) is 5.32. The fraction of sp³-hybridized carbons (Fsp3) is 0.235. The third-order valence-corrected chi connectivity index (χ3v) is 3.60. The van der Waals surface area contributed by atoms with Crippen LogP contribution in [-0.2, 0) is 11.3 Å². The topological polar surface area (TPSA) is 89.2 Å². The fourth-order valence-corrected chi connectivity index (χ4v) is 2.42. The normalized spacial score (nSPS) is 10.4. The van der Waals surface area contributed by atoms with E-state index in [0.717, 1.165) is 5.56 Å². The van der Waals surface area contributed by atoms with Gasteiger partial charge in [-0.2, -0.15) is 5.26 Å². The number of pyridine rings is 1. The van der Waals surface area contributed by atoms with Crippen LogP contribution in [0.25, 0.3) is 0 Å². The number of carbonyl (C=O) groups is 1. The molecule has 0 spiro atoms. The summed E-state index contributed by atoms with van der Waals surface area (Å²) in [6.07, 6.45) is 3.41. The minimum atomic E-state index is -0.229. The highest BCUT2D eigenvalue weighted by molar-refractivity contribution is 6.32. The first-order valence-electron chi connectivity index (χ1n) is 7.34. The van der Waals surface area contributed by atoms with Crippen molar-refractivity contribution in [2.45, 2.75) is 6.54 Å². The van der Waals surface area contributed by atoms with Crippen LogP contribution in [0.2, 0.25) is 5.02 Å². The van der Waals surface area contributed by atoms with Gasteiger partial charge in [-0.05, 0) is 29.8 Å². The van der Waals surface area contributed by atoms with Gasteiger partial charge >= 0.3 is 0 Å². The van der Waals surface area contributed by atoms with E-state index in [2.05, 4.69) is 10.3 Å². The SMILES string of the molecule is N#Cc1ccc(NC(=O)CN(CCO)Cc2cccnc2)cc1Cl. The molecule has 2 N–H and O–H groups in total. The van der Waals surface area contributed by atoms with Crippen molar-refractivity contribution in [3.05, 3.63) is 58.9 Å². The van der Waals surface area contributed by atoms with E-state index in [1.165, 1.54) is 6.07 Å². The molecule has 7 heteroatoms.